The molecule has 0 fully saturated rings. The van der Waals surface area contributed by atoms with Crippen LogP contribution in [0, 0.1) is 0 Å². The van der Waals surface area contributed by atoms with Crippen LogP contribution < -0.4 is 68.9 Å². The van der Waals surface area contributed by atoms with E-state index in [4.69, 9.17) is 4.89 Å². The molecule has 0 amide bonds. The molecule has 104 valence electrons. The molecule has 0 bridgehead atoms. The van der Waals surface area contributed by atoms with Crippen LogP contribution in [-0.2, 0) is 0 Å². The van der Waals surface area contributed by atoms with Crippen molar-refractivity contribution in [2.24, 2.45) is 0 Å². The predicted molar refractivity (Wildman–Crippen MR) is 70.5 cm³/mol. The molecule has 3 nitrogen and oxygen atoms in total. The van der Waals surface area contributed by atoms with Gasteiger partial charge >= 0.3 is 59.1 Å². The summed E-state index contributed by atoms with van der Waals surface area (Å²) in [4.78, 5) is 29.5. The van der Waals surface area contributed by atoms with Crippen molar-refractivity contribution in [1.29, 1.82) is 0 Å². The van der Waals surface area contributed by atoms with Gasteiger partial charge in [-0.15, -0.1) is 0 Å². The van der Waals surface area contributed by atoms with Gasteiger partial charge in [0.1, 0.15) is 0 Å². The van der Waals surface area contributed by atoms with Crippen molar-refractivity contribution >= 4 is 7.94 Å². The van der Waals surface area contributed by atoms with Crippen molar-refractivity contribution in [3.8, 4) is 0 Å². The van der Waals surface area contributed by atoms with E-state index in [-0.39, 0.29) is 65.3 Å². The van der Waals surface area contributed by atoms with E-state index in [1.807, 2.05) is 0 Å². The molecule has 0 heterocycles. The molecule has 0 aliphatic rings. The first-order valence-corrected chi connectivity index (χ1v) is 8.85. The summed E-state index contributed by atoms with van der Waals surface area (Å²) in [6.45, 7) is 2.23. The van der Waals surface area contributed by atoms with E-state index in [2.05, 4.69) is 6.92 Å². The molecule has 0 aromatic rings. The first kappa shape index (κ1) is 26.2. The summed E-state index contributed by atoms with van der Waals surface area (Å²) in [7, 11) is -3.99. The molecule has 1 N–H and O–H groups in total. The fourth-order valence-electron chi connectivity index (χ4n) is 1.98. The van der Waals surface area contributed by atoms with Crippen LogP contribution in [0.5, 0.6) is 0 Å². The fourth-order valence-corrected chi connectivity index (χ4v) is 2.60. The summed E-state index contributed by atoms with van der Waals surface area (Å²) in [5.41, 5.74) is 0. The van der Waals surface area contributed by atoms with E-state index in [0.717, 1.165) is 12.8 Å². The van der Waals surface area contributed by atoms with Crippen LogP contribution in [0.3, 0.4) is 0 Å². The van der Waals surface area contributed by atoms with Crippen LogP contribution in [0.15, 0.2) is 0 Å². The van der Waals surface area contributed by atoms with E-state index >= 15 is 0 Å². The quantitative estimate of drug-likeness (QED) is 0.234. The van der Waals surface area contributed by atoms with Gasteiger partial charge in [-0.1, -0.05) is 64.7 Å². The first-order chi connectivity index (χ1) is 8.06. The van der Waals surface area contributed by atoms with E-state index in [1.165, 1.54) is 51.4 Å². The summed E-state index contributed by atoms with van der Waals surface area (Å²) >= 11 is 0. The van der Waals surface area contributed by atoms with Crippen molar-refractivity contribution in [3.63, 3.8) is 0 Å². The molecule has 0 atom stereocenters. The summed E-state index contributed by atoms with van der Waals surface area (Å²) in [5, 5.41) is 0. The van der Waals surface area contributed by atoms with Crippen LogP contribution >= 0.6 is 7.94 Å². The Labute approximate surface area is 164 Å². The van der Waals surface area contributed by atoms with Gasteiger partial charge in [-0.25, -0.2) is 0 Å². The molecule has 0 saturated heterocycles. The van der Waals surface area contributed by atoms with E-state index in [9.17, 15) is 9.79 Å². The van der Waals surface area contributed by atoms with Crippen molar-refractivity contribution < 1.29 is 73.8 Å². The molecule has 19 heavy (non-hydrogen) atoms. The van der Waals surface area contributed by atoms with Gasteiger partial charge in [-0.05, 0) is 12.8 Å². The predicted octanol–water partition coefficient (Wildman–Crippen LogP) is -3.22. The zero-order valence-corrected chi connectivity index (χ0v) is 18.1. The van der Waals surface area contributed by atoms with Gasteiger partial charge in [0.25, 0.3) is 0 Å². The maximum absolute atomic E-state index is 10.5. The molecular formula is C13H28Na2O3P+. The zero-order valence-electron chi connectivity index (χ0n) is 13.2. The minimum absolute atomic E-state index is 0. The summed E-state index contributed by atoms with van der Waals surface area (Å²) < 4.78 is 0. The van der Waals surface area contributed by atoms with Crippen molar-refractivity contribution in [1.82, 2.24) is 0 Å². The Hall–Kier alpha value is 2.31. The Kier molecular flexibility index (Phi) is 25.3. The molecule has 0 unspecified atom stereocenters. The van der Waals surface area contributed by atoms with Crippen LogP contribution in [0.4, 0.5) is 0 Å². The molecule has 0 saturated carbocycles. The largest absolute Gasteiger partial charge is 1.00 e. The molecule has 0 spiro atoms. The number of hydrogen-bond acceptors (Lipinski definition) is 3. The van der Waals surface area contributed by atoms with Gasteiger partial charge in [0.05, 0.1) is 6.16 Å². The standard InChI is InChI=1S/C13H29O3P.2Na/c1-2-3-4-5-6-7-8-9-10-11-12-13-17(14,15)16;;/h2-13H2,1H3,(H2,14,15,16);;/q;2*+1/p-1. The monoisotopic (exact) mass is 309 g/mol. The van der Waals surface area contributed by atoms with Gasteiger partial charge in [-0.3, -0.25) is 4.89 Å². The van der Waals surface area contributed by atoms with Crippen molar-refractivity contribution in [2.75, 3.05) is 6.16 Å². The Bertz CT molecular complexity index is 166. The second-order valence-electron chi connectivity index (χ2n) is 4.90. The third-order valence-electron chi connectivity index (χ3n) is 3.04. The molecule has 0 rings (SSSR count). The maximum atomic E-state index is 10.5. The Morgan fingerprint density at radius 2 is 1.00 bits per heavy atom. The number of hydrogen-bond donors (Lipinski definition) is 1. The third-order valence-corrected chi connectivity index (χ3v) is 3.93. The molecule has 0 aromatic carbocycles. The topological polar surface area (TPSA) is 66.3 Å². The zero-order chi connectivity index (χ0) is 13.0. The summed E-state index contributed by atoms with van der Waals surface area (Å²) in [5.74, 6) is 0. The average molecular weight is 309 g/mol. The minimum Gasteiger partial charge on any atom is -0.660 e. The molecule has 0 radical (unpaired) electrons. The van der Waals surface area contributed by atoms with E-state index in [1.54, 1.807) is 0 Å². The first-order valence-electron chi connectivity index (χ1n) is 7.09. The molecule has 0 aliphatic heterocycles. The SMILES string of the molecule is CCCCCCCCCCCCC[P+]([O-])([O-])O.[Na+].[Na+]. The Morgan fingerprint density at radius 1 is 0.684 bits per heavy atom. The second-order valence-corrected chi connectivity index (χ2v) is 6.62. The summed E-state index contributed by atoms with van der Waals surface area (Å²) in [6.07, 6.45) is 13.1. The molecule has 6 heteroatoms. The smallest absolute Gasteiger partial charge is 0.660 e. The minimum atomic E-state index is -3.99. The van der Waals surface area contributed by atoms with Crippen LogP contribution in [0.25, 0.3) is 0 Å². The number of rotatable bonds is 12. The van der Waals surface area contributed by atoms with Gasteiger partial charge in [0.2, 0.25) is 0 Å². The number of unbranched alkanes of at least 4 members (excludes halogenated alkanes) is 10. The third kappa shape index (κ3) is 25.6. The van der Waals surface area contributed by atoms with Crippen molar-refractivity contribution in [3.05, 3.63) is 0 Å². The van der Waals surface area contributed by atoms with Gasteiger partial charge < -0.3 is 9.79 Å². The van der Waals surface area contributed by atoms with Crippen LogP contribution in [-0.4, -0.2) is 11.1 Å². The van der Waals surface area contributed by atoms with Gasteiger partial charge in [-0.2, -0.15) is 0 Å². The maximum Gasteiger partial charge on any atom is 1.00 e. The fraction of sp³-hybridized carbons (Fsp3) is 1.00. The van der Waals surface area contributed by atoms with Gasteiger partial charge in [0, 0.05) is 7.94 Å². The Morgan fingerprint density at radius 3 is 1.32 bits per heavy atom. The van der Waals surface area contributed by atoms with E-state index < -0.39 is 7.94 Å². The molecule has 0 aliphatic carbocycles. The van der Waals surface area contributed by atoms with Crippen molar-refractivity contribution in [2.45, 2.75) is 77.6 Å². The van der Waals surface area contributed by atoms with Gasteiger partial charge in [0.15, 0.2) is 0 Å². The normalized spacial score (nSPS) is 10.7. The van der Waals surface area contributed by atoms with Crippen LogP contribution in [0.2, 0.25) is 0 Å². The Balaban J connectivity index is -0.00000128. The van der Waals surface area contributed by atoms with Crippen LogP contribution in [0.1, 0.15) is 77.6 Å². The molecule has 0 aromatic heterocycles. The molecular weight excluding hydrogens is 281 g/mol. The van der Waals surface area contributed by atoms with E-state index in [0.29, 0.717) is 6.42 Å². The summed E-state index contributed by atoms with van der Waals surface area (Å²) in [6, 6.07) is 0. The second kappa shape index (κ2) is 18.4. The average Bonchev–Trinajstić information content (AvgIpc) is 2.24.